The van der Waals surface area contributed by atoms with Crippen LogP contribution in [0.4, 0.5) is 0 Å². The zero-order valence-electron chi connectivity index (χ0n) is 14.7. The summed E-state index contributed by atoms with van der Waals surface area (Å²) in [5.74, 6) is -0.377. The smallest absolute Gasteiger partial charge is 0.239 e. The average molecular weight is 362 g/mol. The first kappa shape index (κ1) is 18.2. The largest absolute Gasteiger partial charge is 0.368 e. The van der Waals surface area contributed by atoms with Crippen LogP contribution in [0, 0.1) is 6.92 Å². The first-order chi connectivity index (χ1) is 12.6. The minimum absolute atomic E-state index is 0.377. The number of amides is 1. The van der Waals surface area contributed by atoms with E-state index >= 15 is 0 Å². The van der Waals surface area contributed by atoms with Crippen LogP contribution in [0.2, 0.25) is 0 Å². The van der Waals surface area contributed by atoms with E-state index in [0.717, 1.165) is 20.9 Å². The standard InChI is InChI=1S/C22H22N2OS/c1-16-11-13-18(14-12-16)26-20-10-6-5-9-19(20)21(22(23)25)24-15-17-7-3-2-4-8-17/h2-14,21,24H,15H2,1H3,(H2,23,25). The van der Waals surface area contributed by atoms with Gasteiger partial charge in [-0.2, -0.15) is 0 Å². The monoisotopic (exact) mass is 362 g/mol. The van der Waals surface area contributed by atoms with Gasteiger partial charge < -0.3 is 5.73 Å². The molecule has 26 heavy (non-hydrogen) atoms. The van der Waals surface area contributed by atoms with Crippen molar-refractivity contribution in [3.8, 4) is 0 Å². The van der Waals surface area contributed by atoms with Gasteiger partial charge in [-0.25, -0.2) is 0 Å². The van der Waals surface area contributed by atoms with E-state index in [0.29, 0.717) is 6.54 Å². The van der Waals surface area contributed by atoms with Gasteiger partial charge in [0.2, 0.25) is 5.91 Å². The number of primary amides is 1. The molecule has 0 radical (unpaired) electrons. The maximum absolute atomic E-state index is 12.1. The molecule has 1 atom stereocenters. The quantitative estimate of drug-likeness (QED) is 0.652. The van der Waals surface area contributed by atoms with Crippen molar-refractivity contribution in [3.63, 3.8) is 0 Å². The van der Waals surface area contributed by atoms with Gasteiger partial charge in [-0.1, -0.05) is 78.0 Å². The molecular weight excluding hydrogens is 340 g/mol. The molecule has 1 unspecified atom stereocenters. The molecule has 0 aliphatic rings. The Morgan fingerprint density at radius 3 is 2.31 bits per heavy atom. The minimum Gasteiger partial charge on any atom is -0.368 e. The van der Waals surface area contributed by atoms with E-state index in [1.54, 1.807) is 11.8 Å². The van der Waals surface area contributed by atoms with Gasteiger partial charge in [-0.3, -0.25) is 10.1 Å². The summed E-state index contributed by atoms with van der Waals surface area (Å²) in [6, 6.07) is 25.7. The Labute approximate surface area is 158 Å². The van der Waals surface area contributed by atoms with Gasteiger partial charge in [0.15, 0.2) is 0 Å². The fourth-order valence-corrected chi connectivity index (χ4v) is 3.70. The van der Waals surface area contributed by atoms with Crippen LogP contribution in [0.3, 0.4) is 0 Å². The lowest BCUT2D eigenvalue weighted by Gasteiger charge is -2.19. The highest BCUT2D eigenvalue weighted by Crippen LogP contribution is 2.33. The van der Waals surface area contributed by atoms with E-state index in [1.165, 1.54) is 5.56 Å². The Morgan fingerprint density at radius 2 is 1.62 bits per heavy atom. The molecule has 132 valence electrons. The van der Waals surface area contributed by atoms with Gasteiger partial charge in [0.1, 0.15) is 6.04 Å². The van der Waals surface area contributed by atoms with E-state index in [2.05, 4.69) is 36.5 Å². The highest BCUT2D eigenvalue weighted by atomic mass is 32.2. The number of hydrogen-bond donors (Lipinski definition) is 2. The SMILES string of the molecule is Cc1ccc(Sc2ccccc2C(NCc2ccccc2)C(N)=O)cc1. The van der Waals surface area contributed by atoms with Crippen LogP contribution in [0.25, 0.3) is 0 Å². The van der Waals surface area contributed by atoms with Crippen LogP contribution in [0.5, 0.6) is 0 Å². The first-order valence-electron chi connectivity index (χ1n) is 8.53. The zero-order valence-corrected chi connectivity index (χ0v) is 15.5. The topological polar surface area (TPSA) is 55.1 Å². The number of aryl methyl sites for hydroxylation is 1. The molecule has 4 heteroatoms. The maximum atomic E-state index is 12.1. The summed E-state index contributed by atoms with van der Waals surface area (Å²) in [6.45, 7) is 2.65. The lowest BCUT2D eigenvalue weighted by molar-refractivity contribution is -0.120. The molecule has 1 amide bonds. The van der Waals surface area contributed by atoms with Crippen molar-refractivity contribution in [2.75, 3.05) is 0 Å². The number of hydrogen-bond acceptors (Lipinski definition) is 3. The van der Waals surface area contributed by atoms with E-state index < -0.39 is 6.04 Å². The number of carbonyl (C=O) groups excluding carboxylic acids is 1. The average Bonchev–Trinajstić information content (AvgIpc) is 2.65. The van der Waals surface area contributed by atoms with Crippen molar-refractivity contribution in [1.82, 2.24) is 5.32 Å². The fraction of sp³-hybridized carbons (Fsp3) is 0.136. The highest BCUT2D eigenvalue weighted by molar-refractivity contribution is 7.99. The number of nitrogens with one attached hydrogen (secondary N) is 1. The summed E-state index contributed by atoms with van der Waals surface area (Å²) >= 11 is 1.64. The van der Waals surface area contributed by atoms with Crippen molar-refractivity contribution in [1.29, 1.82) is 0 Å². The molecule has 3 nitrogen and oxygen atoms in total. The Hall–Kier alpha value is -2.56. The van der Waals surface area contributed by atoms with Gasteiger partial charge in [0.05, 0.1) is 0 Å². The normalized spacial score (nSPS) is 11.9. The van der Waals surface area contributed by atoms with Crippen molar-refractivity contribution in [3.05, 3.63) is 95.6 Å². The Morgan fingerprint density at radius 1 is 0.962 bits per heavy atom. The molecular formula is C22H22N2OS. The molecule has 0 bridgehead atoms. The second kappa shape index (κ2) is 8.70. The number of carbonyl (C=O) groups is 1. The zero-order chi connectivity index (χ0) is 18.4. The summed E-state index contributed by atoms with van der Waals surface area (Å²) in [4.78, 5) is 14.3. The molecule has 0 heterocycles. The molecule has 3 rings (SSSR count). The molecule has 0 fully saturated rings. The number of nitrogens with two attached hydrogens (primary N) is 1. The van der Waals surface area contributed by atoms with E-state index in [9.17, 15) is 4.79 Å². The molecule has 0 saturated heterocycles. The van der Waals surface area contributed by atoms with Gasteiger partial charge in [-0.05, 0) is 36.2 Å². The van der Waals surface area contributed by atoms with E-state index in [1.807, 2.05) is 54.6 Å². The van der Waals surface area contributed by atoms with Crippen LogP contribution >= 0.6 is 11.8 Å². The molecule has 3 aromatic carbocycles. The number of benzene rings is 3. The van der Waals surface area contributed by atoms with Crippen LogP contribution < -0.4 is 11.1 Å². The second-order valence-electron chi connectivity index (χ2n) is 6.15. The second-order valence-corrected chi connectivity index (χ2v) is 7.27. The van der Waals surface area contributed by atoms with Crippen molar-refractivity contribution in [2.45, 2.75) is 29.3 Å². The third-order valence-corrected chi connectivity index (χ3v) is 5.22. The molecule has 3 aromatic rings. The molecule has 3 N–H and O–H groups in total. The summed E-state index contributed by atoms with van der Waals surface area (Å²) in [5, 5.41) is 3.30. The third kappa shape index (κ3) is 4.75. The lowest BCUT2D eigenvalue weighted by Crippen LogP contribution is -2.33. The van der Waals surface area contributed by atoms with Crippen LogP contribution in [-0.4, -0.2) is 5.91 Å². The summed E-state index contributed by atoms with van der Waals surface area (Å²) in [5.41, 5.74) is 8.95. The van der Waals surface area contributed by atoms with Crippen molar-refractivity contribution >= 4 is 17.7 Å². The third-order valence-electron chi connectivity index (χ3n) is 4.12. The van der Waals surface area contributed by atoms with Crippen molar-refractivity contribution in [2.24, 2.45) is 5.73 Å². The van der Waals surface area contributed by atoms with Gasteiger partial charge in [-0.15, -0.1) is 0 Å². The van der Waals surface area contributed by atoms with Crippen LogP contribution in [-0.2, 0) is 11.3 Å². The Kier molecular flexibility index (Phi) is 6.10. The maximum Gasteiger partial charge on any atom is 0.239 e. The van der Waals surface area contributed by atoms with Gasteiger partial charge in [0, 0.05) is 16.3 Å². The van der Waals surface area contributed by atoms with Gasteiger partial charge in [0.25, 0.3) is 0 Å². The van der Waals surface area contributed by atoms with Crippen LogP contribution in [0.15, 0.2) is 88.7 Å². The predicted molar refractivity (Wildman–Crippen MR) is 107 cm³/mol. The lowest BCUT2D eigenvalue weighted by atomic mass is 10.1. The first-order valence-corrected chi connectivity index (χ1v) is 9.35. The Bertz CT molecular complexity index is 863. The molecule has 0 saturated carbocycles. The Balaban J connectivity index is 1.82. The van der Waals surface area contributed by atoms with Gasteiger partial charge >= 0.3 is 0 Å². The molecule has 0 aromatic heterocycles. The molecule has 0 spiro atoms. The van der Waals surface area contributed by atoms with Crippen molar-refractivity contribution < 1.29 is 4.79 Å². The predicted octanol–water partition coefficient (Wildman–Crippen LogP) is 4.46. The van der Waals surface area contributed by atoms with E-state index in [-0.39, 0.29) is 5.91 Å². The fourth-order valence-electron chi connectivity index (χ4n) is 2.72. The summed E-state index contributed by atoms with van der Waals surface area (Å²) in [7, 11) is 0. The number of rotatable bonds is 7. The van der Waals surface area contributed by atoms with Crippen LogP contribution in [0.1, 0.15) is 22.7 Å². The molecule has 0 aliphatic carbocycles. The highest BCUT2D eigenvalue weighted by Gasteiger charge is 2.20. The van der Waals surface area contributed by atoms with E-state index in [4.69, 9.17) is 5.73 Å². The minimum atomic E-state index is -0.538. The molecule has 0 aliphatic heterocycles. The summed E-state index contributed by atoms with van der Waals surface area (Å²) in [6.07, 6.45) is 0. The summed E-state index contributed by atoms with van der Waals surface area (Å²) < 4.78 is 0.